The third kappa shape index (κ3) is 2.81. The third-order valence-electron chi connectivity index (χ3n) is 1.64. The zero-order valence-electron chi connectivity index (χ0n) is 7.69. The lowest BCUT2D eigenvalue weighted by Crippen LogP contribution is -2.08. The first-order valence-corrected chi connectivity index (χ1v) is 4.99. The van der Waals surface area contributed by atoms with E-state index < -0.39 is 11.8 Å². The van der Waals surface area contributed by atoms with E-state index in [4.69, 9.17) is 5.11 Å². The number of thiophene rings is 1. The van der Waals surface area contributed by atoms with Gasteiger partial charge in [0.05, 0.1) is 0 Å². The minimum Gasteiger partial charge on any atom is -0.475 e. The summed E-state index contributed by atoms with van der Waals surface area (Å²) in [6.45, 7) is 2.04. The number of aliphatic carboxylic acids is 1. The van der Waals surface area contributed by atoms with Gasteiger partial charge in [-0.25, -0.2) is 4.79 Å². The van der Waals surface area contributed by atoms with Crippen molar-refractivity contribution in [1.29, 1.82) is 0 Å². The van der Waals surface area contributed by atoms with Crippen LogP contribution in [0.2, 0.25) is 0 Å². The van der Waals surface area contributed by atoms with Crippen molar-refractivity contribution in [2.45, 2.75) is 13.3 Å². The van der Waals surface area contributed by atoms with E-state index in [-0.39, 0.29) is 0 Å². The van der Waals surface area contributed by atoms with Crippen LogP contribution in [0.1, 0.15) is 16.7 Å². The second kappa shape index (κ2) is 4.72. The van der Waals surface area contributed by atoms with Crippen LogP contribution in [0.3, 0.4) is 0 Å². The average Bonchev–Trinajstić information content (AvgIpc) is 2.61. The van der Waals surface area contributed by atoms with Crippen molar-refractivity contribution in [2.75, 3.05) is 0 Å². The van der Waals surface area contributed by atoms with Crippen LogP contribution in [0, 0.1) is 0 Å². The molecule has 1 rings (SSSR count). The van der Waals surface area contributed by atoms with Crippen molar-refractivity contribution < 1.29 is 14.7 Å². The topological polar surface area (TPSA) is 54.4 Å². The predicted octanol–water partition coefficient (Wildman–Crippen LogP) is 1.98. The van der Waals surface area contributed by atoms with Crippen molar-refractivity contribution in [3.05, 3.63) is 28.0 Å². The first-order chi connectivity index (χ1) is 6.63. The molecule has 14 heavy (non-hydrogen) atoms. The molecule has 3 nitrogen and oxygen atoms in total. The molecule has 74 valence electrons. The zero-order chi connectivity index (χ0) is 10.6. The maximum Gasteiger partial charge on any atom is 0.376 e. The van der Waals surface area contributed by atoms with E-state index in [1.54, 1.807) is 11.3 Å². The van der Waals surface area contributed by atoms with E-state index in [1.165, 1.54) is 11.0 Å². The Kier molecular flexibility index (Phi) is 3.59. The highest BCUT2D eigenvalue weighted by atomic mass is 32.1. The van der Waals surface area contributed by atoms with Gasteiger partial charge in [-0.1, -0.05) is 6.92 Å². The summed E-state index contributed by atoms with van der Waals surface area (Å²) < 4.78 is 0. The maximum absolute atomic E-state index is 10.7. The van der Waals surface area contributed by atoms with Crippen LogP contribution in [0.15, 0.2) is 18.2 Å². The van der Waals surface area contributed by atoms with Gasteiger partial charge < -0.3 is 5.11 Å². The van der Waals surface area contributed by atoms with Crippen LogP contribution < -0.4 is 0 Å². The fourth-order valence-corrected chi connectivity index (χ4v) is 1.76. The van der Waals surface area contributed by atoms with Crippen molar-refractivity contribution in [3.63, 3.8) is 0 Å². The van der Waals surface area contributed by atoms with Gasteiger partial charge >= 0.3 is 5.97 Å². The molecule has 0 radical (unpaired) electrons. The van der Waals surface area contributed by atoms with Gasteiger partial charge in [0.25, 0.3) is 5.78 Å². The molecule has 0 fully saturated rings. The molecule has 0 amide bonds. The van der Waals surface area contributed by atoms with Crippen molar-refractivity contribution >= 4 is 29.2 Å². The lowest BCUT2D eigenvalue weighted by atomic mass is 10.3. The summed E-state index contributed by atoms with van der Waals surface area (Å²) in [7, 11) is 0. The summed E-state index contributed by atoms with van der Waals surface area (Å²) in [4.78, 5) is 23.0. The SMILES string of the molecule is CCc1ccc(/C=C/C(=O)C(=O)O)s1. The van der Waals surface area contributed by atoms with E-state index in [0.29, 0.717) is 0 Å². The Hall–Kier alpha value is -1.42. The molecule has 1 aromatic heterocycles. The smallest absolute Gasteiger partial charge is 0.376 e. The number of hydrogen-bond acceptors (Lipinski definition) is 3. The second-order valence-corrected chi connectivity index (χ2v) is 3.86. The molecule has 0 aliphatic rings. The molecule has 0 bridgehead atoms. The third-order valence-corrected chi connectivity index (χ3v) is 2.84. The number of hydrogen-bond donors (Lipinski definition) is 1. The number of aryl methyl sites for hydroxylation is 1. The minimum absolute atomic E-state index is 0.892. The number of rotatable bonds is 4. The fraction of sp³-hybridized carbons (Fsp3) is 0.200. The summed E-state index contributed by atoms with van der Waals surface area (Å²) in [5.41, 5.74) is 0. The van der Waals surface area contributed by atoms with E-state index >= 15 is 0 Å². The van der Waals surface area contributed by atoms with Gasteiger partial charge in [0.2, 0.25) is 0 Å². The van der Waals surface area contributed by atoms with Gasteiger partial charge in [0.15, 0.2) is 0 Å². The van der Waals surface area contributed by atoms with E-state index in [0.717, 1.165) is 17.4 Å². The molecule has 1 aromatic rings. The largest absolute Gasteiger partial charge is 0.475 e. The van der Waals surface area contributed by atoms with Crippen molar-refractivity contribution in [3.8, 4) is 0 Å². The molecule has 0 aliphatic heterocycles. The molecule has 0 spiro atoms. The number of carbonyl (C=O) groups is 2. The van der Waals surface area contributed by atoms with Gasteiger partial charge in [0, 0.05) is 9.75 Å². The molecular formula is C10H10O3S. The molecule has 1 heterocycles. The number of carboxylic acid groups (broad SMARTS) is 1. The Morgan fingerprint density at radius 1 is 1.50 bits per heavy atom. The zero-order valence-corrected chi connectivity index (χ0v) is 8.50. The summed E-state index contributed by atoms with van der Waals surface area (Å²) in [6, 6.07) is 3.84. The van der Waals surface area contributed by atoms with Crippen LogP contribution in [0.25, 0.3) is 6.08 Å². The highest BCUT2D eigenvalue weighted by Gasteiger charge is 2.05. The highest BCUT2D eigenvalue weighted by Crippen LogP contribution is 2.17. The van der Waals surface area contributed by atoms with Gasteiger partial charge in [-0.05, 0) is 30.7 Å². The molecule has 0 saturated carbocycles. The summed E-state index contributed by atoms with van der Waals surface area (Å²) in [5, 5.41) is 8.31. The molecule has 0 aromatic carbocycles. The Balaban J connectivity index is 2.68. The van der Waals surface area contributed by atoms with Gasteiger partial charge in [-0.2, -0.15) is 0 Å². The molecular weight excluding hydrogens is 200 g/mol. The number of carboxylic acids is 1. The summed E-state index contributed by atoms with van der Waals surface area (Å²) in [6.07, 6.45) is 3.55. The average molecular weight is 210 g/mol. The first-order valence-electron chi connectivity index (χ1n) is 4.17. The van der Waals surface area contributed by atoms with Crippen molar-refractivity contribution in [1.82, 2.24) is 0 Å². The predicted molar refractivity (Wildman–Crippen MR) is 55.4 cm³/mol. The lowest BCUT2D eigenvalue weighted by Gasteiger charge is -1.85. The van der Waals surface area contributed by atoms with Crippen LogP contribution in [-0.4, -0.2) is 16.9 Å². The fourth-order valence-electron chi connectivity index (χ4n) is 0.903. The van der Waals surface area contributed by atoms with Crippen LogP contribution in [0.5, 0.6) is 0 Å². The summed E-state index contributed by atoms with van der Waals surface area (Å²) in [5.74, 6) is -2.31. The molecule has 0 aliphatic carbocycles. The maximum atomic E-state index is 10.7. The Labute approximate surface area is 85.7 Å². The lowest BCUT2D eigenvalue weighted by molar-refractivity contribution is -0.146. The Morgan fingerprint density at radius 3 is 2.71 bits per heavy atom. The molecule has 0 atom stereocenters. The van der Waals surface area contributed by atoms with Gasteiger partial charge in [0.1, 0.15) is 0 Å². The van der Waals surface area contributed by atoms with Crippen LogP contribution in [-0.2, 0) is 16.0 Å². The second-order valence-electron chi connectivity index (χ2n) is 2.66. The standard InChI is InChI=1S/C10H10O3S/c1-2-7-3-4-8(14-7)5-6-9(11)10(12)13/h3-6H,2H2,1H3,(H,12,13)/b6-5+. The number of carbonyl (C=O) groups excluding carboxylic acids is 1. The van der Waals surface area contributed by atoms with Crippen LogP contribution in [0.4, 0.5) is 0 Å². The normalized spacial score (nSPS) is 10.6. The highest BCUT2D eigenvalue weighted by molar-refractivity contribution is 7.12. The van der Waals surface area contributed by atoms with Gasteiger partial charge in [-0.3, -0.25) is 4.79 Å². The van der Waals surface area contributed by atoms with E-state index in [9.17, 15) is 9.59 Å². The summed E-state index contributed by atoms with van der Waals surface area (Å²) >= 11 is 1.55. The molecule has 0 unspecified atom stereocenters. The monoisotopic (exact) mass is 210 g/mol. The van der Waals surface area contributed by atoms with Crippen LogP contribution >= 0.6 is 11.3 Å². The Bertz CT molecular complexity index is 376. The van der Waals surface area contributed by atoms with Crippen molar-refractivity contribution in [2.24, 2.45) is 0 Å². The quantitative estimate of drug-likeness (QED) is 0.610. The molecule has 4 heteroatoms. The van der Waals surface area contributed by atoms with E-state index in [1.807, 2.05) is 19.1 Å². The molecule has 0 saturated heterocycles. The molecule has 1 N–H and O–H groups in total. The number of ketones is 1. The van der Waals surface area contributed by atoms with Gasteiger partial charge in [-0.15, -0.1) is 11.3 Å². The first kappa shape index (κ1) is 10.7. The minimum atomic E-state index is -1.42. The Morgan fingerprint density at radius 2 is 2.21 bits per heavy atom. The van der Waals surface area contributed by atoms with E-state index in [2.05, 4.69) is 0 Å².